The zero-order chi connectivity index (χ0) is 54.7. The van der Waals surface area contributed by atoms with Crippen molar-refractivity contribution in [3.05, 3.63) is 28.8 Å². The number of rotatable bonds is 20. The third-order valence-corrected chi connectivity index (χ3v) is 13.7. The number of hydrogen-bond acceptors (Lipinski definition) is 14. The van der Waals surface area contributed by atoms with Crippen molar-refractivity contribution in [3.63, 3.8) is 0 Å². The lowest BCUT2D eigenvalue weighted by Crippen LogP contribution is -2.66. The number of phenolic OH excluding ortho intramolecular Hbond substituents is 1. The maximum atomic E-state index is 15.1. The summed E-state index contributed by atoms with van der Waals surface area (Å²) in [6, 6.07) is -5.94. The molecule has 1 unspecified atom stereocenters. The Morgan fingerprint density at radius 2 is 1.62 bits per heavy atom. The monoisotopic (exact) mass is 1050 g/mol. The van der Waals surface area contributed by atoms with Crippen LogP contribution in [0.2, 0.25) is 5.02 Å². The number of fused-ring (bicyclic) bond motifs is 2. The topological polar surface area (TPSA) is 333 Å². The number of ether oxygens (including phenoxy) is 3. The molecule has 2 bridgehead atoms. The van der Waals surface area contributed by atoms with Crippen LogP contribution in [0.1, 0.15) is 118 Å². The molecule has 73 heavy (non-hydrogen) atoms. The summed E-state index contributed by atoms with van der Waals surface area (Å²) >= 11 is 6.30. The molecule has 1 aromatic rings. The van der Waals surface area contributed by atoms with Gasteiger partial charge < -0.3 is 67.2 Å². The van der Waals surface area contributed by atoms with Crippen LogP contribution in [0.15, 0.2) is 23.2 Å². The summed E-state index contributed by atoms with van der Waals surface area (Å²) < 4.78 is 16.5. The minimum Gasteiger partial charge on any atom is -0.506 e. The van der Waals surface area contributed by atoms with Gasteiger partial charge in [0.1, 0.15) is 60.4 Å². The van der Waals surface area contributed by atoms with E-state index in [2.05, 4.69) is 31.6 Å². The highest BCUT2D eigenvalue weighted by Crippen LogP contribution is 2.30. The van der Waals surface area contributed by atoms with Crippen molar-refractivity contribution in [2.45, 2.75) is 173 Å². The number of benzene rings is 1. The molecule has 23 nitrogen and oxygen atoms in total. The van der Waals surface area contributed by atoms with E-state index >= 15 is 4.79 Å². The molecule has 0 aromatic heterocycles. The van der Waals surface area contributed by atoms with Crippen LogP contribution in [-0.4, -0.2) is 157 Å². The highest BCUT2D eigenvalue weighted by molar-refractivity contribution is 6.32. The van der Waals surface area contributed by atoms with Gasteiger partial charge in [-0.15, -0.1) is 0 Å². The average Bonchev–Trinajstić information content (AvgIpc) is 3.35. The first-order valence-corrected chi connectivity index (χ1v) is 25.3. The van der Waals surface area contributed by atoms with Crippen LogP contribution in [0.3, 0.4) is 0 Å². The lowest BCUT2D eigenvalue weighted by molar-refractivity contribution is -0.171. The van der Waals surface area contributed by atoms with E-state index in [-0.39, 0.29) is 61.8 Å². The Hall–Kier alpha value is -6.23. The number of hydrogen-bond donors (Lipinski definition) is 8. The van der Waals surface area contributed by atoms with Crippen molar-refractivity contribution in [1.82, 2.24) is 36.4 Å². The quantitative estimate of drug-likeness (QED) is 0.0392. The van der Waals surface area contributed by atoms with Gasteiger partial charge in [0.15, 0.2) is 5.96 Å². The van der Waals surface area contributed by atoms with Gasteiger partial charge in [0, 0.05) is 33.5 Å². The number of piperidine rings is 1. The summed E-state index contributed by atoms with van der Waals surface area (Å²) in [4.78, 5) is 135. The number of amides is 7. The smallest absolute Gasteiger partial charge is 0.329 e. The second kappa shape index (κ2) is 29.5. The molecular weight excluding hydrogens is 972 g/mol. The second-order valence-corrected chi connectivity index (χ2v) is 19.1. The normalized spacial score (nSPS) is 24.7. The number of aliphatic imine (C=N–C) groups is 1. The van der Waals surface area contributed by atoms with E-state index in [9.17, 15) is 43.5 Å². The van der Waals surface area contributed by atoms with E-state index in [1.807, 2.05) is 13.8 Å². The Balaban J connectivity index is 2.31. The predicted octanol–water partition coefficient (Wildman–Crippen LogP) is 1.04. The number of carbonyl (C=O) groups excluding carboxylic acids is 9. The van der Waals surface area contributed by atoms with Crippen molar-refractivity contribution in [1.29, 1.82) is 0 Å². The summed E-state index contributed by atoms with van der Waals surface area (Å²) in [6.45, 7) is 10.2. The van der Waals surface area contributed by atoms with Crippen LogP contribution in [-0.2, 0) is 63.8 Å². The number of cyclic esters (lactones) is 1. The van der Waals surface area contributed by atoms with Crippen LogP contribution < -0.4 is 38.1 Å². The molecule has 2 fully saturated rings. The molecule has 2 saturated heterocycles. The number of halogens is 1. The number of nitrogens with two attached hydrogens (primary N) is 2. The molecule has 3 rings (SSSR count). The number of unbranched alkanes of at least 4 members (excludes halogenated alkanes) is 2. The number of carbonyl (C=O) groups is 9. The first-order chi connectivity index (χ1) is 34.5. The number of aromatic hydroxyl groups is 1. The number of nitrogens with one attached hydrogen (secondary N) is 5. The highest BCUT2D eigenvalue weighted by atomic mass is 35.5. The van der Waals surface area contributed by atoms with Crippen LogP contribution in [0.5, 0.6) is 5.75 Å². The van der Waals surface area contributed by atoms with Gasteiger partial charge in [-0.1, -0.05) is 78.0 Å². The van der Waals surface area contributed by atoms with Gasteiger partial charge in [-0.05, 0) is 68.6 Å². The van der Waals surface area contributed by atoms with Gasteiger partial charge >= 0.3 is 11.9 Å². The molecule has 2 aliphatic rings. The molecular formula is C49H77ClN10O13. The Morgan fingerprint density at radius 3 is 2.22 bits per heavy atom. The minimum atomic E-state index is -1.83. The molecule has 7 amide bonds. The second-order valence-electron chi connectivity index (χ2n) is 18.7. The maximum absolute atomic E-state index is 15.1. The lowest BCUT2D eigenvalue weighted by Gasteiger charge is -2.46. The molecule has 0 spiro atoms. The largest absolute Gasteiger partial charge is 0.506 e. The number of phenols is 1. The molecule has 24 heteroatoms. The average molecular weight is 1050 g/mol. The van der Waals surface area contributed by atoms with E-state index in [1.165, 1.54) is 49.1 Å². The maximum Gasteiger partial charge on any atom is 0.329 e. The van der Waals surface area contributed by atoms with Crippen LogP contribution in [0.4, 0.5) is 0 Å². The van der Waals surface area contributed by atoms with Crippen LogP contribution in [0, 0.1) is 11.8 Å². The molecule has 2 aliphatic heterocycles. The molecule has 1 aromatic carbocycles. The molecule has 2 heterocycles. The van der Waals surface area contributed by atoms with Crippen molar-refractivity contribution < 1.29 is 62.5 Å². The molecule has 0 radical (unpaired) electrons. The molecule has 0 saturated carbocycles. The van der Waals surface area contributed by atoms with Crippen LogP contribution >= 0.6 is 11.6 Å². The standard InChI is InChI=1S/C49H77ClN10O13/c1-10-13-14-17-36(62)54-33(25-38(63)72-9)43(65)58-40-28(6)73-48(70)39(26(4)11-2)57-44(66)34(24-29-18-20-35(61)30(50)23-29)59(7)47(69)41(27(5)12-3)60-37(71-8)21-19-32(46(60)68)56-42(64)31(55-45(40)67)16-15-22-53-49(51)52/h18,20,23,26-28,31-34,37,39-41,61H,10-17,19,21-22,24-25H2,1-9H3,(H,54,62)(H,55,67)(H,56,64)(H,57,66)(H,58,65)(H4,51,52,53)/t26-,27+,28+,31+,32+,33-,34+,37-,39?,40+,41+/m1/s1. The molecule has 10 N–H and O–H groups in total. The Morgan fingerprint density at radius 1 is 0.932 bits per heavy atom. The van der Waals surface area contributed by atoms with Crippen molar-refractivity contribution in [2.24, 2.45) is 28.3 Å². The minimum absolute atomic E-state index is 0.0185. The number of esters is 2. The van der Waals surface area contributed by atoms with E-state index in [1.54, 1.807) is 20.8 Å². The third-order valence-electron chi connectivity index (χ3n) is 13.4. The highest BCUT2D eigenvalue weighted by Gasteiger charge is 2.48. The first kappa shape index (κ1) is 61.1. The zero-order valence-corrected chi connectivity index (χ0v) is 44.3. The van der Waals surface area contributed by atoms with Gasteiger partial charge in [0.2, 0.25) is 41.4 Å². The Labute approximate surface area is 432 Å². The first-order valence-electron chi connectivity index (χ1n) is 25.0. The van der Waals surface area contributed by atoms with Crippen molar-refractivity contribution in [2.75, 3.05) is 27.8 Å². The molecule has 11 atom stereocenters. The number of likely N-dealkylation sites (N-methyl/N-ethyl adjacent to an activating group) is 1. The number of methoxy groups -OCH3 is 2. The lowest BCUT2D eigenvalue weighted by atomic mass is 9.91. The van der Waals surface area contributed by atoms with Crippen LogP contribution in [0.25, 0.3) is 0 Å². The third kappa shape index (κ3) is 17.5. The summed E-state index contributed by atoms with van der Waals surface area (Å²) in [5, 5.41) is 23.4. The van der Waals surface area contributed by atoms with Gasteiger partial charge in [-0.3, -0.25) is 43.3 Å². The fourth-order valence-electron chi connectivity index (χ4n) is 8.56. The molecule has 408 valence electrons. The van der Waals surface area contributed by atoms with Gasteiger partial charge in [0.05, 0.1) is 18.6 Å². The van der Waals surface area contributed by atoms with E-state index in [0.29, 0.717) is 31.2 Å². The summed E-state index contributed by atoms with van der Waals surface area (Å²) in [5.74, 6) is -9.24. The van der Waals surface area contributed by atoms with Crippen molar-refractivity contribution >= 4 is 70.8 Å². The molecule has 0 aliphatic carbocycles. The SMILES string of the molecule is CCCCCC(=O)N[C@H](CC(=O)OC)C(=O)N[C@@H]1C(=O)N[C@@H](CCCN=C(N)N)C(=O)N[C@H]2CC[C@@H](OC)N(C2=O)[C@@H]([C@@H](C)CC)C(=O)N(C)[C@@H](Cc2ccc(O)c(Cl)c2)C(=O)NC([C@H](C)CC)C(=O)O[C@H]1C. The van der Waals surface area contributed by atoms with E-state index < -0.39 is 126 Å². The van der Waals surface area contributed by atoms with E-state index in [0.717, 1.165) is 13.5 Å². The van der Waals surface area contributed by atoms with Gasteiger partial charge in [-0.25, -0.2) is 4.79 Å². The van der Waals surface area contributed by atoms with Gasteiger partial charge in [0.25, 0.3) is 0 Å². The summed E-state index contributed by atoms with van der Waals surface area (Å²) in [5.41, 5.74) is 11.5. The summed E-state index contributed by atoms with van der Waals surface area (Å²) in [7, 11) is 3.86. The fraction of sp³-hybridized carbons (Fsp3) is 0.673. The fourth-order valence-corrected chi connectivity index (χ4v) is 8.77. The van der Waals surface area contributed by atoms with E-state index in [4.69, 9.17) is 37.3 Å². The van der Waals surface area contributed by atoms with Crippen molar-refractivity contribution in [3.8, 4) is 5.75 Å². The van der Waals surface area contributed by atoms with Gasteiger partial charge in [-0.2, -0.15) is 0 Å². The number of guanidine groups is 1. The zero-order valence-electron chi connectivity index (χ0n) is 43.5. The Kier molecular flexibility index (Phi) is 24.6. The predicted molar refractivity (Wildman–Crippen MR) is 269 cm³/mol. The number of nitrogens with zero attached hydrogens (tertiary/aromatic N) is 3. The summed E-state index contributed by atoms with van der Waals surface area (Å²) in [6.07, 6.45) is -0.476. The Bertz CT molecular complexity index is 2140.